The molecule has 0 amide bonds. The normalized spacial score (nSPS) is 37.8. The fourth-order valence-electron chi connectivity index (χ4n) is 7.53. The lowest BCUT2D eigenvalue weighted by molar-refractivity contribution is -0.150. The molecule has 0 radical (unpaired) electrons. The van der Waals surface area contributed by atoms with Crippen LogP contribution in [0.3, 0.4) is 0 Å². The molecule has 1 fully saturated rings. The number of ether oxygens (including phenoxy) is 1. The van der Waals surface area contributed by atoms with Gasteiger partial charge in [0.15, 0.2) is 0 Å². The molecular formula is C29H44O2. The third-order valence-corrected chi connectivity index (χ3v) is 9.44. The second-order valence-corrected chi connectivity index (χ2v) is 12.0. The molecule has 0 unspecified atom stereocenters. The van der Waals surface area contributed by atoms with Gasteiger partial charge in [0.2, 0.25) is 0 Å². The van der Waals surface area contributed by atoms with Gasteiger partial charge in [-0.2, -0.15) is 0 Å². The van der Waals surface area contributed by atoms with Crippen molar-refractivity contribution in [3.63, 3.8) is 0 Å². The molecule has 4 aliphatic carbocycles. The van der Waals surface area contributed by atoms with Crippen molar-refractivity contribution in [3.05, 3.63) is 34.9 Å². The summed E-state index contributed by atoms with van der Waals surface area (Å²) in [5.41, 5.74) is 5.40. The van der Waals surface area contributed by atoms with E-state index in [2.05, 4.69) is 52.8 Å². The van der Waals surface area contributed by atoms with Crippen LogP contribution >= 0.6 is 0 Å². The largest absolute Gasteiger partial charge is 0.463 e. The highest BCUT2D eigenvalue weighted by molar-refractivity contribution is 5.66. The van der Waals surface area contributed by atoms with E-state index in [1.807, 2.05) is 0 Å². The lowest BCUT2D eigenvalue weighted by atomic mass is 9.52. The molecule has 0 aromatic rings. The Bertz CT molecular complexity index is 800. The van der Waals surface area contributed by atoms with Crippen molar-refractivity contribution in [1.29, 1.82) is 0 Å². The molecule has 4 aliphatic rings. The van der Waals surface area contributed by atoms with Crippen molar-refractivity contribution in [2.75, 3.05) is 0 Å². The molecule has 6 atom stereocenters. The Labute approximate surface area is 190 Å². The average molecular weight is 425 g/mol. The Kier molecular flexibility index (Phi) is 6.32. The fraction of sp³-hybridized carbons (Fsp3) is 0.759. The summed E-state index contributed by atoms with van der Waals surface area (Å²) in [5.74, 6) is 2.85. The summed E-state index contributed by atoms with van der Waals surface area (Å²) in [5, 5.41) is 0. The lowest BCUT2D eigenvalue weighted by Gasteiger charge is -2.52. The molecule has 0 spiro atoms. The van der Waals surface area contributed by atoms with Crippen LogP contribution in [0, 0.1) is 34.5 Å². The van der Waals surface area contributed by atoms with Gasteiger partial charge in [-0.3, -0.25) is 4.79 Å². The summed E-state index contributed by atoms with van der Waals surface area (Å²) in [6.45, 7) is 13.8. The third-order valence-electron chi connectivity index (χ3n) is 9.44. The minimum atomic E-state index is -0.127. The van der Waals surface area contributed by atoms with Gasteiger partial charge in [-0.25, -0.2) is 0 Å². The van der Waals surface area contributed by atoms with Crippen molar-refractivity contribution in [2.45, 2.75) is 105 Å². The van der Waals surface area contributed by atoms with Crippen molar-refractivity contribution >= 4 is 5.97 Å². The molecule has 0 aromatic heterocycles. The fourth-order valence-corrected chi connectivity index (χ4v) is 7.53. The molecule has 0 aliphatic heterocycles. The Morgan fingerprint density at radius 1 is 1.06 bits per heavy atom. The molecule has 0 N–H and O–H groups in total. The number of fused-ring (bicyclic) bond motifs is 5. The van der Waals surface area contributed by atoms with Gasteiger partial charge < -0.3 is 4.74 Å². The Hall–Kier alpha value is -1.31. The van der Waals surface area contributed by atoms with E-state index < -0.39 is 0 Å². The zero-order valence-electron chi connectivity index (χ0n) is 20.8. The predicted octanol–water partition coefficient (Wildman–Crippen LogP) is 7.80. The van der Waals surface area contributed by atoms with Crippen LogP contribution < -0.4 is 0 Å². The van der Waals surface area contributed by atoms with Crippen LogP contribution in [0.2, 0.25) is 0 Å². The monoisotopic (exact) mass is 424 g/mol. The van der Waals surface area contributed by atoms with Gasteiger partial charge in [-0.05, 0) is 89.7 Å². The number of rotatable bonds is 6. The first-order chi connectivity index (χ1) is 14.6. The van der Waals surface area contributed by atoms with Crippen LogP contribution in [0.25, 0.3) is 0 Å². The second kappa shape index (κ2) is 8.56. The zero-order chi connectivity index (χ0) is 22.4. The van der Waals surface area contributed by atoms with Crippen LogP contribution in [0.1, 0.15) is 99.3 Å². The standard InChI is InChI=1S/C29H44O2/c1-19(2)8-7-9-20(3)25-12-13-26-24-11-10-22-18-23(31-21(4)30)14-16-28(22,5)27(24)15-17-29(25,26)6/h11,13,15,19-20,22-23,25H,7-10,12,14,16-18H2,1-6H3/t20-,22+,23+,25-,28+,29-/m1/s1. The molecule has 0 bridgehead atoms. The van der Waals surface area contributed by atoms with Crippen molar-refractivity contribution in [1.82, 2.24) is 0 Å². The molecule has 2 nitrogen and oxygen atoms in total. The van der Waals surface area contributed by atoms with Crippen molar-refractivity contribution in [3.8, 4) is 0 Å². The molecule has 2 heteroatoms. The van der Waals surface area contributed by atoms with Crippen LogP contribution in [-0.2, 0) is 9.53 Å². The SMILES string of the molecule is CC(=O)O[C@H]1CC[C@]2(C)C3=CC[C@@]4(C)C(=CC[C@@H]4[C@H](C)CCCC(C)C)C3=CC[C@H]2C1. The molecule has 0 saturated heterocycles. The first-order valence-electron chi connectivity index (χ1n) is 12.9. The molecule has 0 aromatic carbocycles. The Balaban J connectivity index is 1.52. The topological polar surface area (TPSA) is 26.3 Å². The number of allylic oxidation sites excluding steroid dienone is 6. The highest BCUT2D eigenvalue weighted by atomic mass is 16.5. The maximum absolute atomic E-state index is 11.5. The van der Waals surface area contributed by atoms with Gasteiger partial charge in [0, 0.05) is 6.92 Å². The Morgan fingerprint density at radius 2 is 1.81 bits per heavy atom. The number of hydrogen-bond acceptors (Lipinski definition) is 2. The quantitative estimate of drug-likeness (QED) is 0.407. The van der Waals surface area contributed by atoms with Crippen molar-refractivity contribution < 1.29 is 9.53 Å². The molecular weight excluding hydrogens is 380 g/mol. The van der Waals surface area contributed by atoms with Crippen LogP contribution in [0.5, 0.6) is 0 Å². The van der Waals surface area contributed by atoms with Gasteiger partial charge in [0.25, 0.3) is 0 Å². The zero-order valence-corrected chi connectivity index (χ0v) is 20.8. The highest BCUT2D eigenvalue weighted by Crippen LogP contribution is 2.63. The molecule has 31 heavy (non-hydrogen) atoms. The number of carbonyl (C=O) groups excluding carboxylic acids is 1. The smallest absolute Gasteiger partial charge is 0.302 e. The lowest BCUT2D eigenvalue weighted by Crippen LogP contribution is -2.43. The average Bonchev–Trinajstić information content (AvgIpc) is 3.05. The van der Waals surface area contributed by atoms with Crippen molar-refractivity contribution in [2.24, 2.45) is 34.5 Å². The predicted molar refractivity (Wildman–Crippen MR) is 129 cm³/mol. The minimum absolute atomic E-state index is 0.113. The summed E-state index contributed by atoms with van der Waals surface area (Å²) < 4.78 is 5.60. The summed E-state index contributed by atoms with van der Waals surface area (Å²) >= 11 is 0. The summed E-state index contributed by atoms with van der Waals surface area (Å²) in [7, 11) is 0. The van der Waals surface area contributed by atoms with Crippen LogP contribution in [0.15, 0.2) is 34.9 Å². The van der Waals surface area contributed by atoms with Gasteiger partial charge in [-0.1, -0.05) is 72.1 Å². The first kappa shape index (κ1) is 22.9. The number of esters is 1. The second-order valence-electron chi connectivity index (χ2n) is 12.0. The maximum atomic E-state index is 11.5. The van der Waals surface area contributed by atoms with E-state index in [0.717, 1.165) is 43.4 Å². The molecule has 172 valence electrons. The Morgan fingerprint density at radius 3 is 2.52 bits per heavy atom. The van der Waals surface area contributed by atoms with Gasteiger partial charge >= 0.3 is 5.97 Å². The molecule has 1 saturated carbocycles. The van der Waals surface area contributed by atoms with E-state index in [4.69, 9.17) is 4.74 Å². The van der Waals surface area contributed by atoms with E-state index in [9.17, 15) is 4.79 Å². The summed E-state index contributed by atoms with van der Waals surface area (Å²) in [6, 6.07) is 0. The summed E-state index contributed by atoms with van der Waals surface area (Å²) in [4.78, 5) is 11.5. The first-order valence-corrected chi connectivity index (χ1v) is 12.9. The van der Waals surface area contributed by atoms with E-state index in [-0.39, 0.29) is 17.5 Å². The molecule has 0 heterocycles. The maximum Gasteiger partial charge on any atom is 0.302 e. The third kappa shape index (κ3) is 4.09. The highest BCUT2D eigenvalue weighted by Gasteiger charge is 2.52. The van der Waals surface area contributed by atoms with E-state index in [0.29, 0.717) is 11.3 Å². The van der Waals surface area contributed by atoms with Crippen LogP contribution in [-0.4, -0.2) is 12.1 Å². The van der Waals surface area contributed by atoms with E-state index in [1.165, 1.54) is 32.1 Å². The van der Waals surface area contributed by atoms with Gasteiger partial charge in [0.1, 0.15) is 6.10 Å². The summed E-state index contributed by atoms with van der Waals surface area (Å²) in [6.07, 6.45) is 18.7. The van der Waals surface area contributed by atoms with E-state index >= 15 is 0 Å². The minimum Gasteiger partial charge on any atom is -0.463 e. The van der Waals surface area contributed by atoms with Gasteiger partial charge in [0.05, 0.1) is 0 Å². The van der Waals surface area contributed by atoms with Crippen LogP contribution in [0.4, 0.5) is 0 Å². The number of hydrogen-bond donors (Lipinski definition) is 0. The van der Waals surface area contributed by atoms with E-state index in [1.54, 1.807) is 23.6 Å². The molecule has 4 rings (SSSR count). The number of carbonyl (C=O) groups is 1. The van der Waals surface area contributed by atoms with Gasteiger partial charge in [-0.15, -0.1) is 0 Å².